The van der Waals surface area contributed by atoms with Gasteiger partial charge in [-0.2, -0.15) is 5.26 Å². The number of rotatable bonds is 0. The highest BCUT2D eigenvalue weighted by molar-refractivity contribution is 5.77. The lowest BCUT2D eigenvalue weighted by molar-refractivity contribution is 0.546. The van der Waals surface area contributed by atoms with E-state index in [2.05, 4.69) is 11.1 Å². The molecule has 120 valence electrons. The zero-order valence-electron chi connectivity index (χ0n) is 13.0. The Morgan fingerprint density at radius 2 is 1.62 bits per heavy atom. The van der Waals surface area contributed by atoms with Crippen molar-refractivity contribution in [1.29, 1.82) is 5.26 Å². The Balaban J connectivity index is 2.50. The summed E-state index contributed by atoms with van der Waals surface area (Å²) < 4.78 is 12.5. The van der Waals surface area contributed by atoms with Crippen molar-refractivity contribution >= 4 is 6.21 Å². The predicted octanol–water partition coefficient (Wildman–Crippen LogP) is 4.43. The lowest BCUT2D eigenvalue weighted by Gasteiger charge is -1.94. The second-order valence-corrected chi connectivity index (χ2v) is 4.55. The highest BCUT2D eigenvalue weighted by Crippen LogP contribution is 2.00. The summed E-state index contributed by atoms with van der Waals surface area (Å²) in [5, 5.41) is 9.04. The van der Waals surface area contributed by atoms with Gasteiger partial charge in [-0.3, -0.25) is 4.99 Å². The van der Waals surface area contributed by atoms with Crippen molar-refractivity contribution in [2.45, 2.75) is 6.67 Å². The predicted molar refractivity (Wildman–Crippen MR) is 91.8 cm³/mol. The van der Waals surface area contributed by atoms with Crippen molar-refractivity contribution in [3.63, 3.8) is 0 Å². The van der Waals surface area contributed by atoms with Gasteiger partial charge >= 0.3 is 0 Å². The molecular weight excluding hydrogens is 302 g/mol. The number of hydrogen-bond donors (Lipinski definition) is 0. The first-order valence-corrected chi connectivity index (χ1v) is 7.28. The van der Waals surface area contributed by atoms with Crippen LogP contribution in [0.4, 0.5) is 0 Å². The molecule has 2 heterocycles. The molecule has 24 heavy (non-hydrogen) atoms. The van der Waals surface area contributed by atoms with Gasteiger partial charge in [0.2, 0.25) is 0 Å². The Kier molecular flexibility index (Phi) is 7.19. The fourth-order valence-electron chi connectivity index (χ4n) is 1.68. The molecule has 1 aliphatic heterocycles. The van der Waals surface area contributed by atoms with Gasteiger partial charge in [0.05, 0.1) is 30.0 Å². The van der Waals surface area contributed by atoms with Crippen LogP contribution >= 0.6 is 0 Å². The molecule has 0 saturated carbocycles. The van der Waals surface area contributed by atoms with Gasteiger partial charge in [-0.15, -0.1) is 0 Å². The number of aliphatic imine (C=N–C) groups is 1. The first-order valence-electron chi connectivity index (χ1n) is 7.28. The van der Waals surface area contributed by atoms with Crippen LogP contribution < -0.4 is 0 Å². The smallest absolute Gasteiger partial charge is 0.115 e. The average Bonchev–Trinajstić information content (AvgIpc) is 3.04. The summed E-state index contributed by atoms with van der Waals surface area (Å²) in [6.45, 7) is 0.531. The molecule has 1 aromatic rings. The minimum absolute atomic E-state index is 0.409. The molecule has 1 aliphatic rings. The third-order valence-corrected chi connectivity index (χ3v) is 2.82. The molecule has 0 aliphatic carbocycles. The van der Waals surface area contributed by atoms with E-state index in [-0.39, 0.29) is 0 Å². The van der Waals surface area contributed by atoms with Crippen molar-refractivity contribution in [2.24, 2.45) is 4.99 Å². The molecular formula is C19H17N3O2. The van der Waals surface area contributed by atoms with Crippen LogP contribution in [0.15, 0.2) is 99.7 Å². The number of nitrogens with zero attached hydrogens (tertiary/aromatic N) is 3. The van der Waals surface area contributed by atoms with Crippen LogP contribution in [0.2, 0.25) is 0 Å². The minimum atomic E-state index is 0.409. The van der Waals surface area contributed by atoms with Crippen LogP contribution in [0.5, 0.6) is 0 Å². The zero-order valence-corrected chi connectivity index (χ0v) is 13.0. The summed E-state index contributed by atoms with van der Waals surface area (Å²) in [5.74, 6) is 0. The Hall–Kier alpha value is -3.52. The number of hydrogen-bond acceptors (Lipinski definition) is 4. The van der Waals surface area contributed by atoms with E-state index in [1.807, 2.05) is 41.1 Å². The molecule has 0 spiro atoms. The van der Waals surface area contributed by atoms with Crippen molar-refractivity contribution in [3.05, 3.63) is 97.1 Å². The van der Waals surface area contributed by atoms with Gasteiger partial charge in [0, 0.05) is 6.20 Å². The summed E-state index contributed by atoms with van der Waals surface area (Å²) in [4.78, 5) is 4.19. The normalized spacial score (nSPS) is 10.1. The van der Waals surface area contributed by atoms with Crippen molar-refractivity contribution in [2.75, 3.05) is 0 Å². The molecule has 0 radical (unpaired) electrons. The van der Waals surface area contributed by atoms with Crippen LogP contribution in [0, 0.1) is 11.3 Å². The summed E-state index contributed by atoms with van der Waals surface area (Å²) in [6, 6.07) is 18.2. The zero-order chi connectivity index (χ0) is 16.9. The maximum absolute atomic E-state index is 9.04. The summed E-state index contributed by atoms with van der Waals surface area (Å²) in [5.41, 5.74) is 1.25. The lowest BCUT2D eigenvalue weighted by atomic mass is 10.3. The van der Waals surface area contributed by atoms with Crippen LogP contribution in [0.1, 0.15) is 11.3 Å². The Bertz CT molecular complexity index is 835. The molecule has 0 bridgehead atoms. The van der Waals surface area contributed by atoms with Crippen LogP contribution in [0.3, 0.4) is 0 Å². The summed E-state index contributed by atoms with van der Waals surface area (Å²) in [7, 11) is 0. The Morgan fingerprint density at radius 3 is 2.38 bits per heavy atom. The molecule has 5 nitrogen and oxygen atoms in total. The third kappa shape index (κ3) is 6.08. The quantitative estimate of drug-likeness (QED) is 0.710. The fraction of sp³-hybridized carbons (Fsp3) is 0.0526. The van der Waals surface area contributed by atoms with E-state index in [0.29, 0.717) is 12.2 Å². The topological polar surface area (TPSA) is 67.4 Å². The van der Waals surface area contributed by atoms with Gasteiger partial charge in [-0.05, 0) is 24.3 Å². The maximum Gasteiger partial charge on any atom is 0.115 e. The van der Waals surface area contributed by atoms with E-state index in [1.54, 1.807) is 43.0 Å². The van der Waals surface area contributed by atoms with Crippen LogP contribution in [0.25, 0.3) is 0 Å². The van der Waals surface area contributed by atoms with Gasteiger partial charge in [0.25, 0.3) is 0 Å². The third-order valence-electron chi connectivity index (χ3n) is 2.82. The molecule has 0 unspecified atom stereocenters. The molecule has 0 saturated heterocycles. The summed E-state index contributed by atoms with van der Waals surface area (Å²) >= 11 is 0. The van der Waals surface area contributed by atoms with Gasteiger partial charge in [0.15, 0.2) is 0 Å². The second-order valence-electron chi connectivity index (χ2n) is 4.55. The van der Waals surface area contributed by atoms with E-state index in [1.165, 1.54) is 12.5 Å². The van der Waals surface area contributed by atoms with Crippen molar-refractivity contribution < 1.29 is 8.83 Å². The Labute approximate surface area is 140 Å². The second kappa shape index (κ2) is 10.2. The molecule has 2 rings (SSSR count). The minimum Gasteiger partial charge on any atom is -0.471 e. The molecule has 0 aromatic carbocycles. The maximum atomic E-state index is 9.04. The largest absolute Gasteiger partial charge is 0.471 e. The SMILES string of the molecule is N#Cc1ccccn2c(coccccccccoc1)C=NC2. The van der Waals surface area contributed by atoms with Crippen LogP contribution in [-0.2, 0) is 6.67 Å². The first-order chi connectivity index (χ1) is 11.9. The molecule has 0 N–H and O–H groups in total. The number of nitriles is 1. The lowest BCUT2D eigenvalue weighted by Crippen LogP contribution is -1.92. The van der Waals surface area contributed by atoms with Gasteiger partial charge < -0.3 is 13.4 Å². The monoisotopic (exact) mass is 319 g/mol. The van der Waals surface area contributed by atoms with E-state index < -0.39 is 0 Å². The van der Waals surface area contributed by atoms with E-state index in [9.17, 15) is 0 Å². The highest BCUT2D eigenvalue weighted by atomic mass is 16.3. The van der Waals surface area contributed by atoms with Gasteiger partial charge in [-0.1, -0.05) is 30.3 Å². The number of fused-ring (bicyclic) bond motifs is 1. The fourth-order valence-corrected chi connectivity index (χ4v) is 1.68. The van der Waals surface area contributed by atoms with E-state index >= 15 is 0 Å². The van der Waals surface area contributed by atoms with Gasteiger partial charge in [-0.25, -0.2) is 0 Å². The molecule has 0 fully saturated rings. The van der Waals surface area contributed by atoms with Gasteiger partial charge in [0.1, 0.15) is 25.3 Å². The van der Waals surface area contributed by atoms with E-state index in [0.717, 1.165) is 5.69 Å². The first kappa shape index (κ1) is 16.8. The standard InChI is InChI=1S/C19H17N3O2/c20-13-18-9-5-6-10-22-17-21-14-19(22)16-24-12-8-4-2-1-3-7-11-23-15-18/h1-12,14-16H,17H2. The molecule has 5 heteroatoms. The highest BCUT2D eigenvalue weighted by Gasteiger charge is 1.98. The Morgan fingerprint density at radius 1 is 0.917 bits per heavy atom. The molecule has 0 atom stereocenters. The van der Waals surface area contributed by atoms with Crippen molar-refractivity contribution in [1.82, 2.24) is 4.57 Å². The van der Waals surface area contributed by atoms with Crippen molar-refractivity contribution in [3.8, 4) is 6.07 Å². The molecule has 1 aromatic heterocycles. The molecule has 0 amide bonds. The van der Waals surface area contributed by atoms with Crippen LogP contribution in [-0.4, -0.2) is 10.8 Å². The summed E-state index contributed by atoms with van der Waals surface area (Å²) in [6.07, 6.45) is 9.69. The number of aromatic nitrogens is 1. The van der Waals surface area contributed by atoms with E-state index in [4.69, 9.17) is 14.1 Å². The average molecular weight is 319 g/mol.